The first-order valence-electron chi connectivity index (χ1n) is 3.06. The number of hydrogen-bond donors (Lipinski definition) is 1. The van der Waals surface area contributed by atoms with E-state index in [1.165, 1.54) is 7.11 Å². The third-order valence-electron chi connectivity index (χ3n) is 1.07. The quantitative estimate of drug-likeness (QED) is 0.461. The molecule has 0 aromatic carbocycles. The van der Waals surface area contributed by atoms with Crippen LogP contribution in [0.15, 0.2) is 12.7 Å². The molecule has 0 bridgehead atoms. The zero-order chi connectivity index (χ0) is 7.98. The van der Waals surface area contributed by atoms with E-state index >= 15 is 0 Å². The Morgan fingerprint density at radius 3 is 2.90 bits per heavy atom. The van der Waals surface area contributed by atoms with Gasteiger partial charge in [-0.05, 0) is 6.42 Å². The highest BCUT2D eigenvalue weighted by Gasteiger charge is 2.07. The van der Waals surface area contributed by atoms with Crippen LogP contribution >= 0.6 is 0 Å². The summed E-state index contributed by atoms with van der Waals surface area (Å²) in [4.78, 5) is 10.5. The molecule has 3 heteroatoms. The van der Waals surface area contributed by atoms with Crippen molar-refractivity contribution in [3.05, 3.63) is 12.7 Å². The molecule has 1 unspecified atom stereocenters. The van der Waals surface area contributed by atoms with E-state index in [0.29, 0.717) is 6.42 Å². The number of hydrogen-bond acceptors (Lipinski definition) is 3. The summed E-state index contributed by atoms with van der Waals surface area (Å²) < 4.78 is 4.33. The lowest BCUT2D eigenvalue weighted by Crippen LogP contribution is -2.13. The molecular formula is C7H12O3. The summed E-state index contributed by atoms with van der Waals surface area (Å²) in [5.74, 6) is -0.394. The Hall–Kier alpha value is -0.830. The van der Waals surface area contributed by atoms with E-state index in [4.69, 9.17) is 5.11 Å². The Labute approximate surface area is 60.3 Å². The van der Waals surface area contributed by atoms with Crippen LogP contribution in [0.25, 0.3) is 0 Å². The van der Waals surface area contributed by atoms with E-state index in [0.717, 1.165) is 0 Å². The van der Waals surface area contributed by atoms with E-state index in [1.807, 2.05) is 0 Å². The number of ether oxygens (including phenoxy) is 1. The fourth-order valence-corrected chi connectivity index (χ4v) is 0.551. The number of rotatable bonds is 4. The molecule has 0 heterocycles. The van der Waals surface area contributed by atoms with Gasteiger partial charge in [-0.1, -0.05) is 6.08 Å². The highest BCUT2D eigenvalue weighted by atomic mass is 16.5. The average Bonchev–Trinajstić information content (AvgIpc) is 1.88. The summed E-state index contributed by atoms with van der Waals surface area (Å²) in [5, 5.41) is 8.98. The van der Waals surface area contributed by atoms with Gasteiger partial charge in [0.25, 0.3) is 0 Å². The van der Waals surface area contributed by atoms with E-state index in [-0.39, 0.29) is 6.42 Å². The summed E-state index contributed by atoms with van der Waals surface area (Å²) in [6, 6.07) is 0. The maximum Gasteiger partial charge on any atom is 0.308 e. The van der Waals surface area contributed by atoms with Crippen LogP contribution in [0.4, 0.5) is 0 Å². The summed E-state index contributed by atoms with van der Waals surface area (Å²) in [7, 11) is 1.29. The van der Waals surface area contributed by atoms with Gasteiger partial charge in [0.2, 0.25) is 0 Å². The molecule has 0 aromatic heterocycles. The zero-order valence-electron chi connectivity index (χ0n) is 6.04. The molecule has 0 saturated carbocycles. The van der Waals surface area contributed by atoms with Crippen LogP contribution in [0.3, 0.4) is 0 Å². The van der Waals surface area contributed by atoms with Crippen molar-refractivity contribution in [3.63, 3.8) is 0 Å². The van der Waals surface area contributed by atoms with E-state index < -0.39 is 12.1 Å². The molecule has 0 radical (unpaired) electrons. The number of carbonyl (C=O) groups is 1. The SMILES string of the molecule is C=CCC(O)CC(=O)OC. The fraction of sp³-hybridized carbons (Fsp3) is 0.571. The molecule has 10 heavy (non-hydrogen) atoms. The second kappa shape index (κ2) is 4.99. The molecular weight excluding hydrogens is 132 g/mol. The van der Waals surface area contributed by atoms with Crippen molar-refractivity contribution in [3.8, 4) is 0 Å². The van der Waals surface area contributed by atoms with Gasteiger partial charge in [-0.2, -0.15) is 0 Å². The Balaban J connectivity index is 3.46. The fourth-order valence-electron chi connectivity index (χ4n) is 0.551. The van der Waals surface area contributed by atoms with Crippen molar-refractivity contribution < 1.29 is 14.6 Å². The van der Waals surface area contributed by atoms with Crippen LogP contribution in [0.5, 0.6) is 0 Å². The molecule has 58 valence electrons. The van der Waals surface area contributed by atoms with E-state index in [9.17, 15) is 4.79 Å². The van der Waals surface area contributed by atoms with Gasteiger partial charge in [0, 0.05) is 0 Å². The number of esters is 1. The summed E-state index contributed by atoms with van der Waals surface area (Å²) in [5.41, 5.74) is 0. The van der Waals surface area contributed by atoms with Crippen LogP contribution in [-0.2, 0) is 9.53 Å². The highest BCUT2D eigenvalue weighted by molar-refractivity contribution is 5.69. The van der Waals surface area contributed by atoms with Gasteiger partial charge in [0.05, 0.1) is 19.6 Å². The monoisotopic (exact) mass is 144 g/mol. The van der Waals surface area contributed by atoms with Crippen LogP contribution in [0.1, 0.15) is 12.8 Å². The van der Waals surface area contributed by atoms with Gasteiger partial charge in [0.1, 0.15) is 0 Å². The predicted molar refractivity (Wildman–Crippen MR) is 37.5 cm³/mol. The van der Waals surface area contributed by atoms with Crippen molar-refractivity contribution in [2.75, 3.05) is 7.11 Å². The van der Waals surface area contributed by atoms with Crippen LogP contribution in [0.2, 0.25) is 0 Å². The van der Waals surface area contributed by atoms with E-state index in [2.05, 4.69) is 11.3 Å². The minimum absolute atomic E-state index is 0.0442. The number of aliphatic hydroxyl groups excluding tert-OH is 1. The third kappa shape index (κ3) is 4.09. The van der Waals surface area contributed by atoms with Crippen molar-refractivity contribution in [2.24, 2.45) is 0 Å². The molecule has 0 rings (SSSR count). The smallest absolute Gasteiger partial charge is 0.308 e. The molecule has 0 aromatic rings. The maximum atomic E-state index is 10.5. The van der Waals surface area contributed by atoms with Crippen LogP contribution in [0, 0.1) is 0 Å². The number of carbonyl (C=O) groups excluding carboxylic acids is 1. The molecule has 1 N–H and O–H groups in total. The first-order chi connectivity index (χ1) is 4.70. The average molecular weight is 144 g/mol. The van der Waals surface area contributed by atoms with Gasteiger partial charge in [-0.15, -0.1) is 6.58 Å². The topological polar surface area (TPSA) is 46.5 Å². The molecule has 0 fully saturated rings. The van der Waals surface area contributed by atoms with Gasteiger partial charge in [-0.3, -0.25) is 4.79 Å². The minimum atomic E-state index is -0.648. The second-order valence-electron chi connectivity index (χ2n) is 1.96. The predicted octanol–water partition coefficient (Wildman–Crippen LogP) is 0.486. The van der Waals surface area contributed by atoms with Gasteiger partial charge < -0.3 is 9.84 Å². The summed E-state index contributed by atoms with van der Waals surface area (Å²) in [6.07, 6.45) is 1.38. The molecule has 0 aliphatic heterocycles. The molecule has 3 nitrogen and oxygen atoms in total. The maximum absolute atomic E-state index is 10.5. The Morgan fingerprint density at radius 2 is 2.50 bits per heavy atom. The lowest BCUT2D eigenvalue weighted by atomic mass is 10.2. The molecule has 0 spiro atoms. The number of methoxy groups -OCH3 is 1. The third-order valence-corrected chi connectivity index (χ3v) is 1.07. The largest absolute Gasteiger partial charge is 0.469 e. The molecule has 0 aliphatic rings. The summed E-state index contributed by atoms with van der Waals surface area (Å²) in [6.45, 7) is 3.42. The molecule has 0 aliphatic carbocycles. The normalized spacial score (nSPS) is 12.2. The molecule has 1 atom stereocenters. The second-order valence-corrected chi connectivity index (χ2v) is 1.96. The Bertz CT molecular complexity index is 120. The first-order valence-corrected chi connectivity index (χ1v) is 3.06. The zero-order valence-corrected chi connectivity index (χ0v) is 6.04. The van der Waals surface area contributed by atoms with Crippen molar-refractivity contribution in [1.82, 2.24) is 0 Å². The lowest BCUT2D eigenvalue weighted by molar-refractivity contribution is -0.142. The Morgan fingerprint density at radius 1 is 1.90 bits per heavy atom. The van der Waals surface area contributed by atoms with Crippen LogP contribution in [-0.4, -0.2) is 24.3 Å². The highest BCUT2D eigenvalue weighted by Crippen LogP contribution is 1.98. The van der Waals surface area contributed by atoms with Crippen LogP contribution < -0.4 is 0 Å². The van der Waals surface area contributed by atoms with E-state index in [1.54, 1.807) is 6.08 Å². The van der Waals surface area contributed by atoms with Gasteiger partial charge >= 0.3 is 5.97 Å². The molecule has 0 saturated heterocycles. The first kappa shape index (κ1) is 9.17. The molecule has 0 amide bonds. The minimum Gasteiger partial charge on any atom is -0.469 e. The summed E-state index contributed by atoms with van der Waals surface area (Å²) >= 11 is 0. The van der Waals surface area contributed by atoms with Crippen molar-refractivity contribution >= 4 is 5.97 Å². The number of aliphatic hydroxyl groups is 1. The Kier molecular flexibility index (Phi) is 4.58. The van der Waals surface area contributed by atoms with Crippen molar-refractivity contribution in [2.45, 2.75) is 18.9 Å². The van der Waals surface area contributed by atoms with Gasteiger partial charge in [-0.25, -0.2) is 0 Å². The lowest BCUT2D eigenvalue weighted by Gasteiger charge is -2.04. The van der Waals surface area contributed by atoms with Gasteiger partial charge in [0.15, 0.2) is 0 Å². The van der Waals surface area contributed by atoms with Crippen molar-refractivity contribution in [1.29, 1.82) is 0 Å². The standard InChI is InChI=1S/C7H12O3/c1-3-4-6(8)5-7(9)10-2/h3,6,8H,1,4-5H2,2H3.